The summed E-state index contributed by atoms with van der Waals surface area (Å²) in [5, 5.41) is 15.3. The number of rotatable bonds is 10. The Labute approximate surface area is 153 Å². The molecule has 0 aliphatic rings. The molecule has 0 fully saturated rings. The van der Waals surface area contributed by atoms with Crippen molar-refractivity contribution in [2.75, 3.05) is 12.5 Å². The van der Waals surface area contributed by atoms with E-state index in [0.717, 1.165) is 9.28 Å². The number of nitriles is 1. The van der Waals surface area contributed by atoms with Gasteiger partial charge in [0.15, 0.2) is 0 Å². The second kappa shape index (κ2) is 12.1. The largest absolute Gasteiger partial charge is 0.364 e. The molecule has 0 radical (unpaired) electrons. The molecule has 132 valence electrons. The van der Waals surface area contributed by atoms with Gasteiger partial charge in [0.05, 0.1) is 25.1 Å². The van der Waals surface area contributed by atoms with Crippen molar-refractivity contribution < 1.29 is 9.53 Å². The molecule has 0 bridgehead atoms. The van der Waals surface area contributed by atoms with Crippen molar-refractivity contribution in [2.45, 2.75) is 64.5 Å². The van der Waals surface area contributed by atoms with E-state index in [0.29, 0.717) is 13.2 Å². The molecule has 0 aromatic rings. The SMILES string of the molecule is CCSC(=S)SC(C)(C#N)CCC(=O)NC(C)NCOC(C)C. The predicted octanol–water partition coefficient (Wildman–Crippen LogP) is 3.25. The van der Waals surface area contributed by atoms with Gasteiger partial charge in [-0.1, -0.05) is 30.9 Å². The lowest BCUT2D eigenvalue weighted by Gasteiger charge is -2.21. The molecule has 0 aliphatic carbocycles. The second-order valence-corrected chi connectivity index (χ2v) is 9.45. The summed E-state index contributed by atoms with van der Waals surface area (Å²) in [5.74, 6) is 0.792. The molecule has 5 nitrogen and oxygen atoms in total. The molecule has 0 heterocycles. The average molecular weight is 378 g/mol. The van der Waals surface area contributed by atoms with Crippen molar-refractivity contribution in [1.29, 1.82) is 5.26 Å². The molecule has 0 spiro atoms. The smallest absolute Gasteiger partial charge is 0.221 e. The van der Waals surface area contributed by atoms with Gasteiger partial charge in [-0.3, -0.25) is 10.1 Å². The van der Waals surface area contributed by atoms with Crippen LogP contribution in [0.4, 0.5) is 0 Å². The minimum atomic E-state index is -0.673. The lowest BCUT2D eigenvalue weighted by atomic mass is 10.1. The van der Waals surface area contributed by atoms with E-state index in [1.165, 1.54) is 11.8 Å². The van der Waals surface area contributed by atoms with Crippen molar-refractivity contribution >= 4 is 45.2 Å². The number of carbonyl (C=O) groups is 1. The van der Waals surface area contributed by atoms with Gasteiger partial charge in [0.1, 0.15) is 8.28 Å². The molecule has 0 saturated carbocycles. The maximum atomic E-state index is 12.0. The highest BCUT2D eigenvalue weighted by Gasteiger charge is 2.27. The van der Waals surface area contributed by atoms with Gasteiger partial charge in [0.25, 0.3) is 0 Å². The number of thiocarbonyl (C=S) groups is 1. The highest BCUT2D eigenvalue weighted by Crippen LogP contribution is 2.34. The van der Waals surface area contributed by atoms with Crippen LogP contribution in [0, 0.1) is 11.3 Å². The molecule has 8 heteroatoms. The van der Waals surface area contributed by atoms with Crippen molar-refractivity contribution in [3.63, 3.8) is 0 Å². The van der Waals surface area contributed by atoms with Crippen molar-refractivity contribution in [3.8, 4) is 6.07 Å². The summed E-state index contributed by atoms with van der Waals surface area (Å²) in [5.41, 5.74) is 0. The fraction of sp³-hybridized carbons (Fsp3) is 0.800. The van der Waals surface area contributed by atoms with Crippen LogP contribution in [0.1, 0.15) is 47.5 Å². The topological polar surface area (TPSA) is 74.2 Å². The summed E-state index contributed by atoms with van der Waals surface area (Å²) >= 11 is 8.15. The summed E-state index contributed by atoms with van der Waals surface area (Å²) in [6.45, 7) is 9.98. The standard InChI is InChI=1S/C15H27N3O2S3/c1-6-22-14(21)23-15(5,9-16)8-7-13(19)18-12(4)17-10-20-11(2)3/h11-12,17H,6-8,10H2,1-5H3,(H,18,19). The van der Waals surface area contributed by atoms with Crippen LogP contribution in [-0.4, -0.2) is 38.9 Å². The predicted molar refractivity (Wildman–Crippen MR) is 103 cm³/mol. The Kier molecular flexibility index (Phi) is 11.9. The van der Waals surface area contributed by atoms with E-state index >= 15 is 0 Å². The summed E-state index contributed by atoms with van der Waals surface area (Å²) in [6, 6.07) is 2.27. The van der Waals surface area contributed by atoms with Gasteiger partial charge in [-0.05, 0) is 39.9 Å². The molecule has 0 aliphatic heterocycles. The lowest BCUT2D eigenvalue weighted by Crippen LogP contribution is -2.44. The third-order valence-electron chi connectivity index (χ3n) is 2.82. The summed E-state index contributed by atoms with van der Waals surface area (Å²) < 4.78 is 5.44. The Morgan fingerprint density at radius 1 is 1.43 bits per heavy atom. The number of hydrogen-bond acceptors (Lipinski definition) is 7. The maximum Gasteiger partial charge on any atom is 0.221 e. The number of nitrogens with zero attached hydrogens (tertiary/aromatic N) is 1. The van der Waals surface area contributed by atoms with Gasteiger partial charge < -0.3 is 10.1 Å². The van der Waals surface area contributed by atoms with Gasteiger partial charge in [0.2, 0.25) is 5.91 Å². The Hall–Kier alpha value is -0.330. The molecule has 2 unspecified atom stereocenters. The van der Waals surface area contributed by atoms with E-state index in [-0.39, 0.29) is 24.6 Å². The van der Waals surface area contributed by atoms with Crippen LogP contribution in [0.15, 0.2) is 0 Å². The zero-order chi connectivity index (χ0) is 17.9. The van der Waals surface area contributed by atoms with E-state index in [4.69, 9.17) is 17.0 Å². The summed E-state index contributed by atoms with van der Waals surface area (Å²) in [4.78, 5) is 12.0. The van der Waals surface area contributed by atoms with Crippen LogP contribution in [0.5, 0.6) is 0 Å². The van der Waals surface area contributed by atoms with Gasteiger partial charge in [-0.15, -0.1) is 11.8 Å². The highest BCUT2D eigenvalue weighted by atomic mass is 32.2. The number of thioether (sulfide) groups is 2. The zero-order valence-electron chi connectivity index (χ0n) is 14.5. The first-order valence-corrected chi connectivity index (χ1v) is 9.84. The third-order valence-corrected chi connectivity index (χ3v) is 5.46. The van der Waals surface area contributed by atoms with Crippen molar-refractivity contribution in [2.24, 2.45) is 0 Å². The molecule has 1 amide bonds. The molecule has 0 rings (SSSR count). The van der Waals surface area contributed by atoms with Crippen LogP contribution in [0.3, 0.4) is 0 Å². The van der Waals surface area contributed by atoms with Crippen LogP contribution in [0.2, 0.25) is 0 Å². The minimum Gasteiger partial charge on any atom is -0.364 e. The molecule has 2 N–H and O–H groups in total. The zero-order valence-corrected chi connectivity index (χ0v) is 16.9. The molecule has 0 aromatic carbocycles. The summed E-state index contributed by atoms with van der Waals surface area (Å²) in [6.07, 6.45) is 0.704. The van der Waals surface area contributed by atoms with Gasteiger partial charge >= 0.3 is 0 Å². The van der Waals surface area contributed by atoms with Gasteiger partial charge in [0, 0.05) is 6.42 Å². The fourth-order valence-electron chi connectivity index (χ4n) is 1.52. The Bertz CT molecular complexity index is 427. The van der Waals surface area contributed by atoms with Gasteiger partial charge in [-0.2, -0.15) is 5.26 Å². The fourth-order valence-corrected chi connectivity index (χ4v) is 4.42. The molecule has 2 atom stereocenters. The van der Waals surface area contributed by atoms with Crippen LogP contribution >= 0.6 is 35.7 Å². The van der Waals surface area contributed by atoms with Crippen LogP contribution in [0.25, 0.3) is 0 Å². The van der Waals surface area contributed by atoms with E-state index < -0.39 is 4.75 Å². The lowest BCUT2D eigenvalue weighted by molar-refractivity contribution is -0.122. The Morgan fingerprint density at radius 3 is 2.61 bits per heavy atom. The first-order valence-electron chi connectivity index (χ1n) is 7.63. The Morgan fingerprint density at radius 2 is 2.09 bits per heavy atom. The van der Waals surface area contributed by atoms with Crippen LogP contribution in [-0.2, 0) is 9.53 Å². The van der Waals surface area contributed by atoms with E-state index in [1.807, 2.05) is 34.6 Å². The quantitative estimate of drug-likeness (QED) is 0.447. The summed E-state index contributed by atoms with van der Waals surface area (Å²) in [7, 11) is 0. The maximum absolute atomic E-state index is 12.0. The molecule has 0 saturated heterocycles. The monoisotopic (exact) mass is 377 g/mol. The number of hydrogen-bond donors (Lipinski definition) is 2. The number of nitrogens with one attached hydrogen (secondary N) is 2. The first-order chi connectivity index (χ1) is 10.7. The minimum absolute atomic E-state index is 0.0920. The van der Waals surface area contributed by atoms with Crippen molar-refractivity contribution in [1.82, 2.24) is 10.6 Å². The number of ether oxygens (including phenoxy) is 1. The van der Waals surface area contributed by atoms with Crippen LogP contribution < -0.4 is 10.6 Å². The molecule has 0 aromatic heterocycles. The third kappa shape index (κ3) is 11.8. The molecular weight excluding hydrogens is 350 g/mol. The van der Waals surface area contributed by atoms with E-state index in [2.05, 4.69) is 16.7 Å². The Balaban J connectivity index is 4.18. The van der Waals surface area contributed by atoms with E-state index in [1.54, 1.807) is 11.8 Å². The number of carbonyl (C=O) groups excluding carboxylic acids is 1. The second-order valence-electron chi connectivity index (χ2n) is 5.48. The van der Waals surface area contributed by atoms with E-state index in [9.17, 15) is 10.1 Å². The van der Waals surface area contributed by atoms with Crippen molar-refractivity contribution in [3.05, 3.63) is 0 Å². The highest BCUT2D eigenvalue weighted by molar-refractivity contribution is 8.47. The average Bonchev–Trinajstić information content (AvgIpc) is 2.45. The first kappa shape index (κ1) is 22.7. The normalized spacial score (nSPS) is 14.8. The number of amides is 1. The molecule has 23 heavy (non-hydrogen) atoms. The van der Waals surface area contributed by atoms with Gasteiger partial charge in [-0.25, -0.2) is 0 Å². The molecular formula is C15H27N3O2S3.